The summed E-state index contributed by atoms with van der Waals surface area (Å²) in [7, 11) is 0. The highest BCUT2D eigenvalue weighted by molar-refractivity contribution is 7.97. The fourth-order valence-electron chi connectivity index (χ4n) is 4.20. The summed E-state index contributed by atoms with van der Waals surface area (Å²) in [6, 6.07) is 22.7. The molecule has 0 bridgehead atoms. The predicted molar refractivity (Wildman–Crippen MR) is 142 cm³/mol. The van der Waals surface area contributed by atoms with E-state index in [9.17, 15) is 0 Å². The van der Waals surface area contributed by atoms with E-state index in [1.165, 1.54) is 52.5 Å². The molecular formula is C27H20S3. The van der Waals surface area contributed by atoms with E-state index in [-0.39, 0.29) is 0 Å². The van der Waals surface area contributed by atoms with Gasteiger partial charge in [0.2, 0.25) is 0 Å². The van der Waals surface area contributed by atoms with Crippen LogP contribution in [-0.4, -0.2) is 12.5 Å². The zero-order valence-electron chi connectivity index (χ0n) is 17.1. The van der Waals surface area contributed by atoms with Gasteiger partial charge in [-0.25, -0.2) is 0 Å². The van der Waals surface area contributed by atoms with E-state index in [1.54, 1.807) is 23.1 Å². The van der Waals surface area contributed by atoms with Gasteiger partial charge in [0.05, 0.1) is 4.88 Å². The Morgan fingerprint density at radius 2 is 1.13 bits per heavy atom. The second kappa shape index (κ2) is 7.96. The first-order chi connectivity index (χ1) is 14.7. The van der Waals surface area contributed by atoms with E-state index in [0.717, 1.165) is 4.88 Å². The van der Waals surface area contributed by atoms with Crippen molar-refractivity contribution in [3.63, 3.8) is 0 Å². The van der Waals surface area contributed by atoms with Crippen molar-refractivity contribution in [1.82, 2.24) is 0 Å². The molecule has 0 spiro atoms. The van der Waals surface area contributed by atoms with Crippen molar-refractivity contribution in [2.45, 2.75) is 6.92 Å². The summed E-state index contributed by atoms with van der Waals surface area (Å²) in [4.78, 5) is 1.14. The molecule has 0 saturated heterocycles. The molecule has 0 atom stereocenters. The van der Waals surface area contributed by atoms with Gasteiger partial charge in [0.1, 0.15) is 0 Å². The molecular weight excluding hydrogens is 420 g/mol. The van der Waals surface area contributed by atoms with Crippen LogP contribution < -0.4 is 0 Å². The van der Waals surface area contributed by atoms with Gasteiger partial charge < -0.3 is 0 Å². The fourth-order valence-corrected chi connectivity index (χ4v) is 5.98. The number of hydrogen-bond acceptors (Lipinski definition) is 3. The molecule has 0 radical (unpaired) electrons. The molecule has 3 heteroatoms. The molecule has 6 rings (SSSR count). The standard InChI is InChI=1S/C25H14S2.C2H6S/c1-2-3-15-14-23-21-7-5-16-17(19(21)9-11-25(23)27-15)4-6-20-18(16)8-10-24-22(20)12-13-26-24;1-3-2/h4-14H,1H3;1-2H3. The number of hydrogen-bond donors (Lipinski definition) is 0. The van der Waals surface area contributed by atoms with Crippen molar-refractivity contribution in [1.29, 1.82) is 0 Å². The van der Waals surface area contributed by atoms with Gasteiger partial charge in [-0.2, -0.15) is 11.8 Å². The second-order valence-electron chi connectivity index (χ2n) is 7.19. The van der Waals surface area contributed by atoms with Crippen LogP contribution in [0.4, 0.5) is 0 Å². The Kier molecular flexibility index (Phi) is 5.16. The van der Waals surface area contributed by atoms with Crippen molar-refractivity contribution in [2.75, 3.05) is 12.5 Å². The summed E-state index contributed by atoms with van der Waals surface area (Å²) in [5, 5.41) is 12.8. The molecule has 0 saturated carbocycles. The highest BCUT2D eigenvalue weighted by atomic mass is 32.2. The summed E-state index contributed by atoms with van der Waals surface area (Å²) in [5.41, 5.74) is 0. The Morgan fingerprint density at radius 3 is 1.73 bits per heavy atom. The van der Waals surface area contributed by atoms with Crippen molar-refractivity contribution in [3.05, 3.63) is 70.9 Å². The molecule has 0 aliphatic carbocycles. The van der Waals surface area contributed by atoms with Gasteiger partial charge in [0.25, 0.3) is 0 Å². The SMILES string of the molecule is CC#Cc1cc2c(ccc3c2ccc2c4ccc5sccc5c4ccc32)s1.CSC. The van der Waals surface area contributed by atoms with Crippen LogP contribution in [0, 0.1) is 11.8 Å². The van der Waals surface area contributed by atoms with Gasteiger partial charge in [0.15, 0.2) is 0 Å². The highest BCUT2D eigenvalue weighted by Crippen LogP contribution is 2.39. The predicted octanol–water partition coefficient (Wildman–Crippen LogP) is 8.93. The van der Waals surface area contributed by atoms with Gasteiger partial charge in [-0.1, -0.05) is 42.3 Å². The van der Waals surface area contributed by atoms with Gasteiger partial charge in [-0.15, -0.1) is 28.6 Å². The quantitative estimate of drug-likeness (QED) is 0.168. The zero-order chi connectivity index (χ0) is 20.7. The van der Waals surface area contributed by atoms with Crippen LogP contribution in [0.3, 0.4) is 0 Å². The summed E-state index contributed by atoms with van der Waals surface area (Å²) in [6.07, 6.45) is 4.08. The molecule has 2 aromatic heterocycles. The van der Waals surface area contributed by atoms with Gasteiger partial charge in [0, 0.05) is 20.2 Å². The van der Waals surface area contributed by atoms with Crippen LogP contribution in [0.25, 0.3) is 52.5 Å². The van der Waals surface area contributed by atoms with Crippen LogP contribution in [0.15, 0.2) is 66.0 Å². The highest BCUT2D eigenvalue weighted by Gasteiger charge is 2.10. The fraction of sp³-hybridized carbons (Fsp3) is 0.111. The molecule has 0 fully saturated rings. The average Bonchev–Trinajstić information content (AvgIpc) is 3.40. The summed E-state index contributed by atoms with van der Waals surface area (Å²) in [5.74, 6) is 6.22. The average molecular weight is 441 g/mol. The Bertz CT molecular complexity index is 1600. The Hall–Kier alpha value is -2.51. The Labute approximate surface area is 188 Å². The third-order valence-electron chi connectivity index (χ3n) is 5.37. The van der Waals surface area contributed by atoms with E-state index in [4.69, 9.17) is 0 Å². The molecule has 4 aromatic carbocycles. The monoisotopic (exact) mass is 440 g/mol. The van der Waals surface area contributed by atoms with Crippen molar-refractivity contribution >= 4 is 86.9 Å². The second-order valence-corrected chi connectivity index (χ2v) is 10.0. The molecule has 0 aliphatic heterocycles. The first-order valence-electron chi connectivity index (χ1n) is 9.76. The lowest BCUT2D eigenvalue weighted by molar-refractivity contribution is 1.86. The van der Waals surface area contributed by atoms with E-state index >= 15 is 0 Å². The lowest BCUT2D eigenvalue weighted by Gasteiger charge is -2.09. The maximum atomic E-state index is 3.21. The van der Waals surface area contributed by atoms with E-state index in [2.05, 4.69) is 77.9 Å². The van der Waals surface area contributed by atoms with E-state index in [1.807, 2.05) is 30.8 Å². The topological polar surface area (TPSA) is 0 Å². The molecule has 0 unspecified atom stereocenters. The largest absolute Gasteiger partial charge is 0.169 e. The third-order valence-corrected chi connectivity index (χ3v) is 7.27. The minimum Gasteiger partial charge on any atom is -0.169 e. The summed E-state index contributed by atoms with van der Waals surface area (Å²) >= 11 is 5.33. The molecule has 2 heterocycles. The Morgan fingerprint density at radius 1 is 0.633 bits per heavy atom. The minimum absolute atomic E-state index is 1.14. The smallest absolute Gasteiger partial charge is 0.0781 e. The molecule has 146 valence electrons. The lowest BCUT2D eigenvalue weighted by atomic mass is 9.95. The number of benzene rings is 4. The van der Waals surface area contributed by atoms with Crippen LogP contribution >= 0.6 is 34.4 Å². The molecule has 30 heavy (non-hydrogen) atoms. The van der Waals surface area contributed by atoms with E-state index in [0.29, 0.717) is 0 Å². The lowest BCUT2D eigenvalue weighted by Crippen LogP contribution is -1.81. The number of thiophene rings is 2. The van der Waals surface area contributed by atoms with Crippen molar-refractivity contribution in [3.8, 4) is 11.8 Å². The molecule has 0 N–H and O–H groups in total. The molecule has 0 aliphatic rings. The number of thioether (sulfide) groups is 1. The third kappa shape index (κ3) is 3.08. The number of rotatable bonds is 0. The first kappa shape index (κ1) is 19.5. The normalized spacial score (nSPS) is 11.0. The maximum Gasteiger partial charge on any atom is 0.0781 e. The van der Waals surface area contributed by atoms with Crippen LogP contribution in [0.2, 0.25) is 0 Å². The summed E-state index contributed by atoms with van der Waals surface area (Å²) < 4.78 is 2.66. The number of fused-ring (bicyclic) bond motifs is 9. The van der Waals surface area contributed by atoms with Crippen LogP contribution in [0.1, 0.15) is 11.8 Å². The summed E-state index contributed by atoms with van der Waals surface area (Å²) in [6.45, 7) is 1.89. The zero-order valence-corrected chi connectivity index (χ0v) is 19.5. The Balaban J connectivity index is 0.000000609. The maximum absolute atomic E-state index is 3.21. The van der Waals surface area contributed by atoms with Gasteiger partial charge in [-0.05, 0) is 81.4 Å². The van der Waals surface area contributed by atoms with Crippen LogP contribution in [0.5, 0.6) is 0 Å². The van der Waals surface area contributed by atoms with Gasteiger partial charge in [-0.3, -0.25) is 0 Å². The molecule has 6 aromatic rings. The van der Waals surface area contributed by atoms with Crippen molar-refractivity contribution < 1.29 is 0 Å². The van der Waals surface area contributed by atoms with Crippen LogP contribution in [-0.2, 0) is 0 Å². The first-order valence-corrected chi connectivity index (χ1v) is 13.1. The minimum atomic E-state index is 1.14. The molecule has 0 nitrogen and oxygen atoms in total. The van der Waals surface area contributed by atoms with Crippen molar-refractivity contribution in [2.24, 2.45) is 0 Å². The van der Waals surface area contributed by atoms with Gasteiger partial charge >= 0.3 is 0 Å². The molecule has 0 amide bonds. The van der Waals surface area contributed by atoms with E-state index < -0.39 is 0 Å².